The van der Waals surface area contributed by atoms with Crippen LogP contribution in [0.5, 0.6) is 0 Å². The summed E-state index contributed by atoms with van der Waals surface area (Å²) in [7, 11) is 0. The Bertz CT molecular complexity index is 294. The maximum Gasteiger partial charge on any atom is 0.0574 e. The fourth-order valence-corrected chi connectivity index (χ4v) is 4.59. The van der Waals surface area contributed by atoms with Crippen molar-refractivity contribution in [2.24, 2.45) is 34.5 Å². The molecule has 0 spiro atoms. The van der Waals surface area contributed by atoms with Gasteiger partial charge in [-0.25, -0.2) is 0 Å². The van der Waals surface area contributed by atoms with Crippen molar-refractivity contribution in [3.63, 3.8) is 0 Å². The van der Waals surface area contributed by atoms with Crippen molar-refractivity contribution in [1.82, 2.24) is 0 Å². The predicted octanol–water partition coefficient (Wildman–Crippen LogP) is 4.49. The first-order valence-corrected chi connectivity index (χ1v) is 7.79. The third kappa shape index (κ3) is 2.61. The summed E-state index contributed by atoms with van der Waals surface area (Å²) in [6, 6.07) is 0. The van der Waals surface area contributed by atoms with Crippen LogP contribution in [0.2, 0.25) is 0 Å². The number of aliphatic hydroxyl groups is 1. The Balaban J connectivity index is 2.18. The van der Waals surface area contributed by atoms with Gasteiger partial charge in [0.15, 0.2) is 0 Å². The van der Waals surface area contributed by atoms with Gasteiger partial charge in [-0.05, 0) is 60.2 Å². The zero-order valence-electron chi connectivity index (χ0n) is 13.2. The third-order valence-electron chi connectivity index (χ3n) is 5.79. The fraction of sp³-hybridized carbons (Fsp3) is 1.00. The summed E-state index contributed by atoms with van der Waals surface area (Å²) in [4.78, 5) is 0. The van der Waals surface area contributed by atoms with Crippen molar-refractivity contribution in [2.45, 2.75) is 73.3 Å². The molecule has 2 saturated carbocycles. The van der Waals surface area contributed by atoms with Gasteiger partial charge in [0, 0.05) is 0 Å². The summed E-state index contributed by atoms with van der Waals surface area (Å²) in [5.74, 6) is 2.85. The molecule has 2 fully saturated rings. The van der Waals surface area contributed by atoms with Gasteiger partial charge < -0.3 is 5.11 Å². The van der Waals surface area contributed by atoms with Crippen molar-refractivity contribution in [2.75, 3.05) is 0 Å². The van der Waals surface area contributed by atoms with E-state index in [1.54, 1.807) is 0 Å². The van der Waals surface area contributed by atoms with Crippen LogP contribution >= 0.6 is 0 Å². The molecule has 0 bridgehead atoms. The lowest BCUT2D eigenvalue weighted by molar-refractivity contribution is -0.0301. The maximum absolute atomic E-state index is 10.5. The largest absolute Gasteiger partial charge is 0.393 e. The molecule has 0 aromatic rings. The highest BCUT2D eigenvalue weighted by Crippen LogP contribution is 2.55. The average molecular weight is 252 g/mol. The van der Waals surface area contributed by atoms with Crippen LogP contribution in [0.25, 0.3) is 0 Å². The molecule has 0 aromatic carbocycles. The number of hydrogen-bond donors (Lipinski definition) is 1. The van der Waals surface area contributed by atoms with Crippen LogP contribution in [0.4, 0.5) is 0 Å². The molecule has 0 aromatic heterocycles. The molecule has 5 atom stereocenters. The highest BCUT2D eigenvalue weighted by atomic mass is 16.3. The van der Waals surface area contributed by atoms with E-state index in [0.29, 0.717) is 22.7 Å². The van der Waals surface area contributed by atoms with Crippen molar-refractivity contribution in [3.05, 3.63) is 0 Å². The number of hydrogen-bond acceptors (Lipinski definition) is 1. The Morgan fingerprint density at radius 3 is 1.89 bits per heavy atom. The van der Waals surface area contributed by atoms with Crippen molar-refractivity contribution in [3.8, 4) is 0 Å². The Labute approximate surface area is 113 Å². The summed E-state index contributed by atoms with van der Waals surface area (Å²) >= 11 is 0. The molecule has 0 aliphatic heterocycles. The van der Waals surface area contributed by atoms with E-state index >= 15 is 0 Å². The minimum absolute atomic E-state index is 0.0414. The lowest BCUT2D eigenvalue weighted by Crippen LogP contribution is -2.41. The fourth-order valence-electron chi connectivity index (χ4n) is 4.59. The van der Waals surface area contributed by atoms with E-state index < -0.39 is 0 Å². The Morgan fingerprint density at radius 2 is 1.39 bits per heavy atom. The SMILES string of the molecule is CC(C)(C)C1CC(O)C2CCC(C(C)(C)C)C2C1. The molecule has 1 nitrogen and oxygen atoms in total. The highest BCUT2D eigenvalue weighted by Gasteiger charge is 2.49. The van der Waals surface area contributed by atoms with Gasteiger partial charge in [-0.3, -0.25) is 0 Å². The second kappa shape index (κ2) is 4.51. The van der Waals surface area contributed by atoms with Crippen LogP contribution in [0.3, 0.4) is 0 Å². The lowest BCUT2D eigenvalue weighted by Gasteiger charge is -2.45. The van der Waals surface area contributed by atoms with E-state index in [1.807, 2.05) is 0 Å². The molecule has 0 heterocycles. The standard InChI is InChI=1S/C17H32O/c1-16(2,3)11-9-13-12(15(18)10-11)7-8-14(13)17(4,5)6/h11-15,18H,7-10H2,1-6H3. The summed E-state index contributed by atoms with van der Waals surface area (Å²) in [6.45, 7) is 14.2. The monoisotopic (exact) mass is 252 g/mol. The first kappa shape index (κ1) is 14.4. The highest BCUT2D eigenvalue weighted by molar-refractivity contribution is 4.99. The molecular weight excluding hydrogens is 220 g/mol. The zero-order valence-corrected chi connectivity index (χ0v) is 13.2. The minimum Gasteiger partial charge on any atom is -0.393 e. The van der Waals surface area contributed by atoms with Gasteiger partial charge in [0.25, 0.3) is 0 Å². The lowest BCUT2D eigenvalue weighted by atomic mass is 9.61. The molecule has 1 heteroatoms. The van der Waals surface area contributed by atoms with Crippen LogP contribution in [0.15, 0.2) is 0 Å². The summed E-state index contributed by atoms with van der Waals surface area (Å²) in [6.07, 6.45) is 4.91. The molecule has 0 radical (unpaired) electrons. The van der Waals surface area contributed by atoms with Gasteiger partial charge >= 0.3 is 0 Å². The predicted molar refractivity (Wildman–Crippen MR) is 77.3 cm³/mol. The van der Waals surface area contributed by atoms with Gasteiger partial charge in [-0.15, -0.1) is 0 Å². The van der Waals surface area contributed by atoms with Gasteiger partial charge in [-0.2, -0.15) is 0 Å². The maximum atomic E-state index is 10.5. The van der Waals surface area contributed by atoms with Crippen LogP contribution in [0, 0.1) is 34.5 Å². The van der Waals surface area contributed by atoms with E-state index in [9.17, 15) is 5.11 Å². The average Bonchev–Trinajstić information content (AvgIpc) is 2.59. The molecule has 2 aliphatic rings. The molecule has 0 amide bonds. The first-order chi connectivity index (χ1) is 8.10. The van der Waals surface area contributed by atoms with E-state index in [1.165, 1.54) is 19.3 Å². The smallest absolute Gasteiger partial charge is 0.0574 e. The number of rotatable bonds is 0. The van der Waals surface area contributed by atoms with E-state index in [-0.39, 0.29) is 6.10 Å². The molecule has 106 valence electrons. The second-order valence-corrected chi connectivity index (χ2v) is 8.98. The quantitative estimate of drug-likeness (QED) is 0.673. The van der Waals surface area contributed by atoms with Gasteiger partial charge in [-0.1, -0.05) is 41.5 Å². The molecule has 2 rings (SSSR count). The zero-order chi connectivity index (χ0) is 13.7. The molecular formula is C17H32O. The van der Waals surface area contributed by atoms with E-state index in [0.717, 1.165) is 18.3 Å². The van der Waals surface area contributed by atoms with E-state index in [2.05, 4.69) is 41.5 Å². The molecule has 0 saturated heterocycles. The van der Waals surface area contributed by atoms with Gasteiger partial charge in [0.05, 0.1) is 6.10 Å². The van der Waals surface area contributed by atoms with Gasteiger partial charge in [0.2, 0.25) is 0 Å². The number of fused-ring (bicyclic) bond motifs is 1. The molecule has 18 heavy (non-hydrogen) atoms. The summed E-state index contributed by atoms with van der Waals surface area (Å²) in [5, 5.41) is 10.5. The van der Waals surface area contributed by atoms with E-state index in [4.69, 9.17) is 0 Å². The molecule has 2 aliphatic carbocycles. The Hall–Kier alpha value is -0.0400. The van der Waals surface area contributed by atoms with Crippen LogP contribution in [-0.2, 0) is 0 Å². The van der Waals surface area contributed by atoms with Crippen molar-refractivity contribution >= 4 is 0 Å². The topological polar surface area (TPSA) is 20.2 Å². The summed E-state index contributed by atoms with van der Waals surface area (Å²) < 4.78 is 0. The van der Waals surface area contributed by atoms with Crippen LogP contribution in [-0.4, -0.2) is 11.2 Å². The van der Waals surface area contributed by atoms with Crippen LogP contribution in [0.1, 0.15) is 67.2 Å². The van der Waals surface area contributed by atoms with Gasteiger partial charge in [0.1, 0.15) is 0 Å². The number of aliphatic hydroxyl groups excluding tert-OH is 1. The Kier molecular flexibility index (Phi) is 3.60. The molecule has 1 N–H and O–H groups in total. The Morgan fingerprint density at radius 1 is 0.778 bits per heavy atom. The van der Waals surface area contributed by atoms with Crippen molar-refractivity contribution < 1.29 is 5.11 Å². The normalized spacial score (nSPS) is 41.8. The summed E-state index contributed by atoms with van der Waals surface area (Å²) in [5.41, 5.74) is 0.746. The minimum atomic E-state index is -0.0414. The third-order valence-corrected chi connectivity index (χ3v) is 5.79. The molecule has 5 unspecified atom stereocenters. The van der Waals surface area contributed by atoms with Crippen LogP contribution < -0.4 is 0 Å². The first-order valence-electron chi connectivity index (χ1n) is 7.79. The second-order valence-electron chi connectivity index (χ2n) is 8.98. The van der Waals surface area contributed by atoms with Crippen molar-refractivity contribution in [1.29, 1.82) is 0 Å².